The molecule has 1 fully saturated rings. The third kappa shape index (κ3) is 3.05. The molecule has 23 heavy (non-hydrogen) atoms. The fourth-order valence-electron chi connectivity index (χ4n) is 3.61. The number of fused-ring (bicyclic) bond motifs is 1. The Balaban J connectivity index is 1.42. The van der Waals surface area contributed by atoms with E-state index in [1.54, 1.807) is 17.5 Å². The highest BCUT2D eigenvalue weighted by atomic mass is 32.1. The van der Waals surface area contributed by atoms with E-state index in [0.29, 0.717) is 12.3 Å². The summed E-state index contributed by atoms with van der Waals surface area (Å²) in [6.45, 7) is 2.36. The Morgan fingerprint density at radius 2 is 2.43 bits per heavy atom. The lowest BCUT2D eigenvalue weighted by molar-refractivity contribution is -0.135. The van der Waals surface area contributed by atoms with Crippen molar-refractivity contribution >= 4 is 17.2 Å². The summed E-state index contributed by atoms with van der Waals surface area (Å²) < 4.78 is 5.87. The SMILES string of the molecule is O=C(C[C@H]1OCCc2ccsc21)N1CCC[C@H](c2ccn[nH]2)C1. The fourth-order valence-corrected chi connectivity index (χ4v) is 4.62. The van der Waals surface area contributed by atoms with Crippen LogP contribution in [0.2, 0.25) is 0 Å². The molecule has 0 bridgehead atoms. The maximum absolute atomic E-state index is 12.7. The minimum absolute atomic E-state index is 0.0567. The van der Waals surface area contributed by atoms with Crippen molar-refractivity contribution in [3.63, 3.8) is 0 Å². The zero-order valence-corrected chi connectivity index (χ0v) is 13.8. The molecule has 6 heteroatoms. The smallest absolute Gasteiger partial charge is 0.225 e. The number of carbonyl (C=O) groups is 1. The number of aromatic amines is 1. The number of likely N-dealkylation sites (tertiary alicyclic amines) is 1. The number of carbonyl (C=O) groups excluding carboxylic acids is 1. The number of H-pyrrole nitrogens is 1. The lowest BCUT2D eigenvalue weighted by Gasteiger charge is -2.33. The van der Waals surface area contributed by atoms with Crippen molar-refractivity contribution in [1.82, 2.24) is 15.1 Å². The highest BCUT2D eigenvalue weighted by Crippen LogP contribution is 2.35. The molecule has 0 spiro atoms. The number of amides is 1. The second kappa shape index (κ2) is 6.45. The summed E-state index contributed by atoms with van der Waals surface area (Å²) in [5.74, 6) is 0.584. The van der Waals surface area contributed by atoms with E-state index in [-0.39, 0.29) is 12.0 Å². The number of nitrogens with zero attached hydrogens (tertiary/aromatic N) is 2. The Kier molecular flexibility index (Phi) is 4.18. The minimum Gasteiger partial charge on any atom is -0.372 e. The molecule has 1 N–H and O–H groups in total. The number of ether oxygens (including phenoxy) is 1. The Bertz CT molecular complexity index is 667. The molecule has 2 aromatic heterocycles. The van der Waals surface area contributed by atoms with Crippen LogP contribution < -0.4 is 0 Å². The van der Waals surface area contributed by atoms with Crippen LogP contribution >= 0.6 is 11.3 Å². The van der Waals surface area contributed by atoms with Gasteiger partial charge in [-0.25, -0.2) is 0 Å². The molecular formula is C17H21N3O2S. The van der Waals surface area contributed by atoms with Gasteiger partial charge in [-0.2, -0.15) is 5.10 Å². The van der Waals surface area contributed by atoms with Gasteiger partial charge in [0.25, 0.3) is 0 Å². The second-order valence-electron chi connectivity index (χ2n) is 6.31. The summed E-state index contributed by atoms with van der Waals surface area (Å²) in [5.41, 5.74) is 2.49. The summed E-state index contributed by atoms with van der Waals surface area (Å²) in [5, 5.41) is 9.18. The Labute approximate surface area is 139 Å². The maximum atomic E-state index is 12.7. The molecule has 4 rings (SSSR count). The predicted molar refractivity (Wildman–Crippen MR) is 88.5 cm³/mol. The number of rotatable bonds is 3. The number of thiophene rings is 1. The molecule has 0 aliphatic carbocycles. The Morgan fingerprint density at radius 1 is 1.48 bits per heavy atom. The van der Waals surface area contributed by atoms with Gasteiger partial charge in [0.2, 0.25) is 5.91 Å². The van der Waals surface area contributed by atoms with Gasteiger partial charge in [-0.15, -0.1) is 11.3 Å². The number of nitrogens with one attached hydrogen (secondary N) is 1. The fraction of sp³-hybridized carbons (Fsp3) is 0.529. The number of aromatic nitrogens is 2. The molecule has 122 valence electrons. The van der Waals surface area contributed by atoms with Crippen molar-refractivity contribution in [3.8, 4) is 0 Å². The highest BCUT2D eigenvalue weighted by molar-refractivity contribution is 7.10. The van der Waals surface area contributed by atoms with Crippen LogP contribution in [-0.4, -0.2) is 40.7 Å². The largest absolute Gasteiger partial charge is 0.372 e. The predicted octanol–water partition coefficient (Wildman–Crippen LogP) is 2.88. The first-order valence-electron chi connectivity index (χ1n) is 8.26. The number of hydrogen-bond acceptors (Lipinski definition) is 4. The molecular weight excluding hydrogens is 310 g/mol. The van der Waals surface area contributed by atoms with Crippen molar-refractivity contribution in [2.75, 3.05) is 19.7 Å². The van der Waals surface area contributed by atoms with Crippen LogP contribution in [0.1, 0.15) is 47.4 Å². The van der Waals surface area contributed by atoms with E-state index in [2.05, 4.69) is 21.6 Å². The van der Waals surface area contributed by atoms with Crippen LogP contribution in [0, 0.1) is 0 Å². The monoisotopic (exact) mass is 331 g/mol. The molecule has 5 nitrogen and oxygen atoms in total. The van der Waals surface area contributed by atoms with Crippen LogP contribution in [0.15, 0.2) is 23.7 Å². The van der Waals surface area contributed by atoms with Crippen LogP contribution in [0.5, 0.6) is 0 Å². The highest BCUT2D eigenvalue weighted by Gasteiger charge is 2.30. The lowest BCUT2D eigenvalue weighted by atomic mass is 9.94. The summed E-state index contributed by atoms with van der Waals surface area (Å²) in [4.78, 5) is 16.0. The molecule has 0 radical (unpaired) electrons. The van der Waals surface area contributed by atoms with E-state index >= 15 is 0 Å². The van der Waals surface area contributed by atoms with Gasteiger partial charge in [-0.3, -0.25) is 9.89 Å². The van der Waals surface area contributed by atoms with Crippen molar-refractivity contribution in [3.05, 3.63) is 39.8 Å². The topological polar surface area (TPSA) is 58.2 Å². The van der Waals surface area contributed by atoms with Crippen LogP contribution in [0.3, 0.4) is 0 Å². The van der Waals surface area contributed by atoms with E-state index in [1.165, 1.54) is 10.4 Å². The molecule has 2 aliphatic heterocycles. The lowest BCUT2D eigenvalue weighted by Crippen LogP contribution is -2.40. The Hall–Kier alpha value is -1.66. The van der Waals surface area contributed by atoms with Crippen molar-refractivity contribution in [2.45, 2.75) is 37.7 Å². The van der Waals surface area contributed by atoms with Crippen molar-refractivity contribution < 1.29 is 9.53 Å². The van der Waals surface area contributed by atoms with Crippen LogP contribution in [-0.2, 0) is 16.0 Å². The van der Waals surface area contributed by atoms with Gasteiger partial charge >= 0.3 is 0 Å². The molecule has 0 unspecified atom stereocenters. The van der Waals surface area contributed by atoms with Gasteiger partial charge in [0.1, 0.15) is 6.10 Å². The third-order valence-electron chi connectivity index (χ3n) is 4.86. The second-order valence-corrected chi connectivity index (χ2v) is 7.26. The summed E-state index contributed by atoms with van der Waals surface area (Å²) in [6, 6.07) is 4.18. The summed E-state index contributed by atoms with van der Waals surface area (Å²) >= 11 is 1.71. The van der Waals surface area contributed by atoms with Gasteiger partial charge in [-0.1, -0.05) is 0 Å². The van der Waals surface area contributed by atoms with Gasteiger partial charge in [0.15, 0.2) is 0 Å². The van der Waals surface area contributed by atoms with E-state index in [1.807, 2.05) is 11.0 Å². The molecule has 4 heterocycles. The normalized spacial score (nSPS) is 24.4. The molecule has 2 atom stereocenters. The first-order chi connectivity index (χ1) is 11.3. The van der Waals surface area contributed by atoms with E-state index < -0.39 is 0 Å². The van der Waals surface area contributed by atoms with Crippen molar-refractivity contribution in [1.29, 1.82) is 0 Å². The molecule has 0 aromatic carbocycles. The van der Waals surface area contributed by atoms with Crippen molar-refractivity contribution in [2.24, 2.45) is 0 Å². The quantitative estimate of drug-likeness (QED) is 0.941. The van der Waals surface area contributed by atoms with Gasteiger partial charge in [0, 0.05) is 35.8 Å². The first kappa shape index (κ1) is 14.9. The first-order valence-corrected chi connectivity index (χ1v) is 9.14. The van der Waals surface area contributed by atoms with Gasteiger partial charge in [-0.05, 0) is 42.3 Å². The maximum Gasteiger partial charge on any atom is 0.225 e. The molecule has 2 aromatic rings. The van der Waals surface area contributed by atoms with Gasteiger partial charge < -0.3 is 9.64 Å². The number of hydrogen-bond donors (Lipinski definition) is 1. The summed E-state index contributed by atoms with van der Waals surface area (Å²) in [7, 11) is 0. The average Bonchev–Trinajstić information content (AvgIpc) is 3.27. The van der Waals surface area contributed by atoms with E-state index in [0.717, 1.165) is 44.7 Å². The van der Waals surface area contributed by atoms with Crippen LogP contribution in [0.25, 0.3) is 0 Å². The zero-order valence-electron chi connectivity index (χ0n) is 13.0. The third-order valence-corrected chi connectivity index (χ3v) is 5.91. The zero-order chi connectivity index (χ0) is 15.6. The molecule has 0 saturated carbocycles. The van der Waals surface area contributed by atoms with E-state index in [9.17, 15) is 4.79 Å². The van der Waals surface area contributed by atoms with E-state index in [4.69, 9.17) is 4.74 Å². The van der Waals surface area contributed by atoms with Gasteiger partial charge in [0.05, 0.1) is 13.0 Å². The molecule has 1 saturated heterocycles. The Morgan fingerprint density at radius 3 is 3.30 bits per heavy atom. The average molecular weight is 331 g/mol. The standard InChI is InChI=1S/C17H21N3O2S/c21-16(10-15-17-12(4-8-22-15)5-9-23-17)20-7-1-2-13(11-20)14-3-6-18-19-14/h3,5-6,9,13,15H,1-2,4,7-8,10-11H2,(H,18,19)/t13-,15+/m0/s1. The van der Waals surface area contributed by atoms with Crippen LogP contribution in [0.4, 0.5) is 0 Å². The molecule has 2 aliphatic rings. The summed E-state index contributed by atoms with van der Waals surface area (Å²) in [6.07, 6.45) is 5.31. The minimum atomic E-state index is -0.0567. The molecule has 1 amide bonds. The number of piperidine rings is 1.